The summed E-state index contributed by atoms with van der Waals surface area (Å²) in [7, 11) is 1.84. The van der Waals surface area contributed by atoms with Crippen molar-refractivity contribution in [3.8, 4) is 17.2 Å². The molecule has 0 bridgehead atoms. The molecule has 0 unspecified atom stereocenters. The summed E-state index contributed by atoms with van der Waals surface area (Å²) in [5.41, 5.74) is 0.871. The molecule has 0 atom stereocenters. The quantitative estimate of drug-likeness (QED) is 0.909. The topological polar surface area (TPSA) is 82.8 Å². The van der Waals surface area contributed by atoms with Crippen LogP contribution in [0.5, 0.6) is 17.2 Å². The molecule has 0 saturated heterocycles. The van der Waals surface area contributed by atoms with Crippen molar-refractivity contribution in [1.29, 1.82) is 0 Å². The van der Waals surface area contributed by atoms with E-state index < -0.39 is 5.97 Å². The second-order valence-electron chi connectivity index (χ2n) is 4.29. The number of rotatable bonds is 4. The zero-order valence-electron chi connectivity index (χ0n) is 10.7. The van der Waals surface area contributed by atoms with E-state index in [1.165, 1.54) is 12.1 Å². The molecule has 20 heavy (non-hydrogen) atoms. The number of hydrogen-bond acceptors (Lipinski definition) is 5. The van der Waals surface area contributed by atoms with Crippen LogP contribution in [0.15, 0.2) is 24.7 Å². The van der Waals surface area contributed by atoms with Crippen LogP contribution in [0.4, 0.5) is 0 Å². The second kappa shape index (κ2) is 4.76. The van der Waals surface area contributed by atoms with Gasteiger partial charge in [0.2, 0.25) is 6.79 Å². The summed E-state index contributed by atoms with van der Waals surface area (Å²) in [5.74, 6) is 0.0524. The van der Waals surface area contributed by atoms with Crippen LogP contribution in [0, 0.1) is 0 Å². The zero-order chi connectivity index (χ0) is 14.1. The van der Waals surface area contributed by atoms with E-state index in [1.54, 1.807) is 17.1 Å². The number of imidazole rings is 1. The van der Waals surface area contributed by atoms with Crippen LogP contribution in [0.1, 0.15) is 16.1 Å². The Balaban J connectivity index is 1.88. The number of aryl methyl sites for hydroxylation is 1. The third-order valence-electron chi connectivity index (χ3n) is 3.00. The summed E-state index contributed by atoms with van der Waals surface area (Å²) < 4.78 is 17.8. The molecule has 3 rings (SSSR count). The molecule has 2 aromatic rings. The first-order chi connectivity index (χ1) is 9.65. The third kappa shape index (κ3) is 2.13. The first-order valence-electron chi connectivity index (χ1n) is 5.90. The normalized spacial score (nSPS) is 12.4. The minimum absolute atomic E-state index is 0.0384. The minimum atomic E-state index is -1.08. The van der Waals surface area contributed by atoms with Crippen LogP contribution < -0.4 is 14.2 Å². The molecule has 1 aromatic carbocycles. The fraction of sp³-hybridized carbons (Fsp3) is 0.231. The van der Waals surface area contributed by atoms with Gasteiger partial charge in [-0.05, 0) is 0 Å². The molecule has 7 nitrogen and oxygen atoms in total. The average Bonchev–Trinajstić information content (AvgIpc) is 3.03. The molecule has 1 aromatic heterocycles. The number of hydrogen-bond donors (Lipinski definition) is 1. The van der Waals surface area contributed by atoms with Crippen molar-refractivity contribution in [1.82, 2.24) is 9.55 Å². The number of carboxylic acids is 1. The molecule has 0 saturated carbocycles. The van der Waals surface area contributed by atoms with Gasteiger partial charge in [-0.25, -0.2) is 9.78 Å². The Hall–Kier alpha value is -2.70. The third-order valence-corrected chi connectivity index (χ3v) is 3.00. The first-order valence-corrected chi connectivity index (χ1v) is 5.90. The smallest absolute Gasteiger partial charge is 0.339 e. The van der Waals surface area contributed by atoms with Crippen molar-refractivity contribution >= 4 is 5.97 Å². The van der Waals surface area contributed by atoms with E-state index in [0.29, 0.717) is 11.5 Å². The molecule has 2 heterocycles. The maximum absolute atomic E-state index is 11.3. The summed E-state index contributed by atoms with van der Waals surface area (Å²) >= 11 is 0. The molecule has 1 aliphatic rings. The van der Waals surface area contributed by atoms with Crippen LogP contribution in [0.2, 0.25) is 0 Å². The number of fused-ring (bicyclic) bond motifs is 1. The monoisotopic (exact) mass is 276 g/mol. The van der Waals surface area contributed by atoms with Crippen molar-refractivity contribution in [2.24, 2.45) is 7.05 Å². The highest BCUT2D eigenvalue weighted by molar-refractivity contribution is 5.92. The summed E-state index contributed by atoms with van der Waals surface area (Å²) in [4.78, 5) is 15.2. The van der Waals surface area contributed by atoms with Gasteiger partial charge in [-0.15, -0.1) is 0 Å². The Labute approximate surface area is 114 Å². The lowest BCUT2D eigenvalue weighted by Gasteiger charge is -2.10. The Kier molecular flexibility index (Phi) is 2.94. The summed E-state index contributed by atoms with van der Waals surface area (Å²) in [6.45, 7) is 0.302. The zero-order valence-corrected chi connectivity index (χ0v) is 10.7. The fourth-order valence-corrected chi connectivity index (χ4v) is 1.89. The lowest BCUT2D eigenvalue weighted by molar-refractivity contribution is 0.0691. The average molecular weight is 276 g/mol. The number of aromatic nitrogens is 2. The minimum Gasteiger partial charge on any atom is -0.486 e. The van der Waals surface area contributed by atoms with E-state index in [0.717, 1.165) is 5.69 Å². The SMILES string of the molecule is Cn1cncc1COc1cc2c(cc1C(=O)O)OCO2. The van der Waals surface area contributed by atoms with Gasteiger partial charge in [-0.3, -0.25) is 0 Å². The van der Waals surface area contributed by atoms with Gasteiger partial charge < -0.3 is 23.9 Å². The molecule has 1 aliphatic heterocycles. The molecule has 7 heteroatoms. The Morgan fingerprint density at radius 2 is 2.20 bits per heavy atom. The molecule has 104 valence electrons. The van der Waals surface area contributed by atoms with E-state index in [1.807, 2.05) is 7.05 Å². The molecule has 0 aliphatic carbocycles. The first kappa shape index (κ1) is 12.3. The van der Waals surface area contributed by atoms with E-state index >= 15 is 0 Å². The molecule has 1 N–H and O–H groups in total. The van der Waals surface area contributed by atoms with Gasteiger partial charge in [-0.1, -0.05) is 0 Å². The second-order valence-corrected chi connectivity index (χ2v) is 4.29. The van der Waals surface area contributed by atoms with Gasteiger partial charge in [0, 0.05) is 19.2 Å². The Morgan fingerprint density at radius 3 is 2.85 bits per heavy atom. The fourth-order valence-electron chi connectivity index (χ4n) is 1.89. The van der Waals surface area contributed by atoms with Crippen molar-refractivity contribution < 1.29 is 24.1 Å². The van der Waals surface area contributed by atoms with E-state index in [9.17, 15) is 9.90 Å². The van der Waals surface area contributed by atoms with Gasteiger partial charge in [0.1, 0.15) is 17.9 Å². The van der Waals surface area contributed by atoms with Crippen molar-refractivity contribution in [2.45, 2.75) is 6.61 Å². The van der Waals surface area contributed by atoms with Crippen LogP contribution >= 0.6 is 0 Å². The molecule has 0 spiro atoms. The highest BCUT2D eigenvalue weighted by atomic mass is 16.7. The Morgan fingerprint density at radius 1 is 1.45 bits per heavy atom. The van der Waals surface area contributed by atoms with E-state index in [4.69, 9.17) is 14.2 Å². The number of ether oxygens (including phenoxy) is 3. The molecular weight excluding hydrogens is 264 g/mol. The van der Waals surface area contributed by atoms with Gasteiger partial charge in [0.25, 0.3) is 0 Å². The predicted octanol–water partition coefficient (Wildman–Crippen LogP) is 1.43. The van der Waals surface area contributed by atoms with Gasteiger partial charge in [-0.2, -0.15) is 0 Å². The van der Waals surface area contributed by atoms with E-state index in [-0.39, 0.29) is 24.7 Å². The number of carboxylic acid groups (broad SMARTS) is 1. The highest BCUT2D eigenvalue weighted by Gasteiger charge is 2.21. The van der Waals surface area contributed by atoms with E-state index in [2.05, 4.69) is 4.98 Å². The van der Waals surface area contributed by atoms with Gasteiger partial charge in [0.05, 0.1) is 18.2 Å². The van der Waals surface area contributed by atoms with Gasteiger partial charge >= 0.3 is 5.97 Å². The lowest BCUT2D eigenvalue weighted by Crippen LogP contribution is -2.05. The molecule has 0 radical (unpaired) electrons. The highest BCUT2D eigenvalue weighted by Crippen LogP contribution is 2.38. The van der Waals surface area contributed by atoms with Crippen molar-refractivity contribution in [2.75, 3.05) is 6.79 Å². The molecular formula is C13H12N2O5. The van der Waals surface area contributed by atoms with Crippen molar-refractivity contribution in [3.63, 3.8) is 0 Å². The maximum Gasteiger partial charge on any atom is 0.339 e. The number of aromatic carboxylic acids is 1. The number of carbonyl (C=O) groups is 1. The van der Waals surface area contributed by atoms with Crippen LogP contribution in [-0.2, 0) is 13.7 Å². The summed E-state index contributed by atoms with van der Waals surface area (Å²) in [6.07, 6.45) is 3.31. The Bertz CT molecular complexity index is 665. The van der Waals surface area contributed by atoms with Crippen LogP contribution in [0.3, 0.4) is 0 Å². The van der Waals surface area contributed by atoms with Gasteiger partial charge in [0.15, 0.2) is 11.5 Å². The van der Waals surface area contributed by atoms with Crippen LogP contribution in [-0.4, -0.2) is 27.4 Å². The number of benzene rings is 1. The van der Waals surface area contributed by atoms with Crippen LogP contribution in [0.25, 0.3) is 0 Å². The lowest BCUT2D eigenvalue weighted by atomic mass is 10.2. The standard InChI is InChI=1S/C13H12N2O5/c1-15-6-14-4-8(15)5-18-10-3-12-11(19-7-20-12)2-9(10)13(16)17/h2-4,6H,5,7H2,1H3,(H,16,17). The maximum atomic E-state index is 11.3. The summed E-state index contributed by atoms with van der Waals surface area (Å²) in [5, 5.41) is 9.21. The summed E-state index contributed by atoms with van der Waals surface area (Å²) in [6, 6.07) is 2.94. The van der Waals surface area contributed by atoms with Crippen molar-refractivity contribution in [3.05, 3.63) is 35.9 Å². The molecule has 0 amide bonds. The largest absolute Gasteiger partial charge is 0.486 e. The predicted molar refractivity (Wildman–Crippen MR) is 67.1 cm³/mol. The molecule has 0 fully saturated rings. The number of nitrogens with zero attached hydrogens (tertiary/aromatic N) is 2.